The Hall–Kier alpha value is -4.63. The summed E-state index contributed by atoms with van der Waals surface area (Å²) in [5, 5.41) is 3.39. The van der Waals surface area contributed by atoms with Crippen LogP contribution in [0, 0.1) is 0 Å². The van der Waals surface area contributed by atoms with Crippen molar-refractivity contribution in [3.05, 3.63) is 78.0 Å². The summed E-state index contributed by atoms with van der Waals surface area (Å²) < 4.78 is 12.0. The zero-order valence-corrected chi connectivity index (χ0v) is 26.4. The number of nitrogens with one attached hydrogen (secondary N) is 3. The van der Waals surface area contributed by atoms with Crippen LogP contribution < -0.4 is 10.1 Å². The van der Waals surface area contributed by atoms with Gasteiger partial charge in [0.05, 0.1) is 35.5 Å². The first-order chi connectivity index (χ1) is 21.8. The lowest BCUT2D eigenvalue weighted by Crippen LogP contribution is -2.36. The maximum absolute atomic E-state index is 12.9. The van der Waals surface area contributed by atoms with E-state index >= 15 is 0 Å². The fourth-order valence-electron chi connectivity index (χ4n) is 6.28. The summed E-state index contributed by atoms with van der Waals surface area (Å²) >= 11 is 0. The third-order valence-electron chi connectivity index (χ3n) is 8.45. The minimum absolute atomic E-state index is 0.119. The van der Waals surface area contributed by atoms with Crippen LogP contribution >= 0.6 is 0 Å². The molecule has 4 heterocycles. The van der Waals surface area contributed by atoms with E-state index in [1.54, 1.807) is 4.90 Å². The minimum atomic E-state index is -0.535. The molecule has 9 nitrogen and oxygen atoms in total. The van der Waals surface area contributed by atoms with Crippen LogP contribution in [0.25, 0.3) is 44.5 Å². The van der Waals surface area contributed by atoms with Crippen molar-refractivity contribution in [3.8, 4) is 39.3 Å². The molecule has 1 saturated heterocycles. The lowest BCUT2D eigenvalue weighted by molar-refractivity contribution is 0.0219. The second-order valence-electron chi connectivity index (χ2n) is 13.0. The Bertz CT molecular complexity index is 1870. The van der Waals surface area contributed by atoms with Gasteiger partial charge in [-0.25, -0.2) is 14.8 Å². The molecule has 9 heteroatoms. The van der Waals surface area contributed by atoms with E-state index in [2.05, 4.69) is 75.7 Å². The summed E-state index contributed by atoms with van der Waals surface area (Å²) in [7, 11) is 0. The third-order valence-corrected chi connectivity index (χ3v) is 8.45. The summed E-state index contributed by atoms with van der Waals surface area (Å²) in [5.41, 5.74) is 8.99. The number of H-pyrrole nitrogens is 2. The molecular formula is C36H40N6O3. The van der Waals surface area contributed by atoms with E-state index in [0.29, 0.717) is 13.2 Å². The van der Waals surface area contributed by atoms with Crippen molar-refractivity contribution in [2.75, 3.05) is 13.1 Å². The maximum atomic E-state index is 12.9. The fraction of sp³-hybridized carbons (Fsp3) is 0.361. The van der Waals surface area contributed by atoms with E-state index in [1.165, 1.54) is 5.56 Å². The molecule has 1 atom stereocenters. The van der Waals surface area contributed by atoms with Crippen LogP contribution in [0.1, 0.15) is 70.2 Å². The van der Waals surface area contributed by atoms with Crippen molar-refractivity contribution < 1.29 is 14.3 Å². The SMILES string of the molecule is CCCNCc1ncc(-c2ccc3c(c2)COc2cc(-c4ccc5nc([C@@H]6CCCN6C(=O)OC(C)(C)C)[nH]c5c4)ccc2-3)[nH]1. The topological polar surface area (TPSA) is 108 Å². The number of hydrogen-bond donors (Lipinski definition) is 3. The van der Waals surface area contributed by atoms with E-state index in [4.69, 9.17) is 14.5 Å². The molecule has 5 aromatic rings. The Morgan fingerprint density at radius 2 is 1.84 bits per heavy atom. The van der Waals surface area contributed by atoms with Crippen molar-refractivity contribution in [1.29, 1.82) is 0 Å². The van der Waals surface area contributed by atoms with Crippen molar-refractivity contribution in [2.45, 2.75) is 71.8 Å². The Balaban J connectivity index is 1.10. The lowest BCUT2D eigenvalue weighted by atomic mass is 9.92. The number of hydrogen-bond acceptors (Lipinski definition) is 6. The van der Waals surface area contributed by atoms with Gasteiger partial charge in [0.1, 0.15) is 29.6 Å². The van der Waals surface area contributed by atoms with Gasteiger partial charge in [-0.05, 0) is 98.7 Å². The number of fused-ring (bicyclic) bond motifs is 4. The molecular weight excluding hydrogens is 564 g/mol. The number of amides is 1. The molecule has 2 aromatic heterocycles. The molecule has 1 fully saturated rings. The molecule has 7 rings (SSSR count). The third kappa shape index (κ3) is 5.92. The zero-order valence-electron chi connectivity index (χ0n) is 26.4. The number of likely N-dealkylation sites (tertiary alicyclic amines) is 1. The molecule has 2 aliphatic heterocycles. The first kappa shape index (κ1) is 29.1. The smallest absolute Gasteiger partial charge is 0.410 e. The van der Waals surface area contributed by atoms with Gasteiger partial charge in [-0.2, -0.15) is 0 Å². The van der Waals surface area contributed by atoms with Gasteiger partial charge in [-0.15, -0.1) is 0 Å². The molecule has 0 radical (unpaired) electrons. The maximum Gasteiger partial charge on any atom is 0.410 e. The zero-order chi connectivity index (χ0) is 31.1. The largest absolute Gasteiger partial charge is 0.488 e. The Morgan fingerprint density at radius 3 is 2.69 bits per heavy atom. The molecule has 0 saturated carbocycles. The Kier molecular flexibility index (Phi) is 7.57. The molecule has 2 aliphatic rings. The first-order valence-electron chi connectivity index (χ1n) is 15.9. The number of ether oxygens (including phenoxy) is 2. The predicted molar refractivity (Wildman–Crippen MR) is 176 cm³/mol. The second-order valence-corrected chi connectivity index (χ2v) is 13.0. The molecule has 0 bridgehead atoms. The van der Waals surface area contributed by atoms with Crippen molar-refractivity contribution in [2.24, 2.45) is 0 Å². The van der Waals surface area contributed by atoms with Crippen LogP contribution in [-0.2, 0) is 17.9 Å². The van der Waals surface area contributed by atoms with E-state index in [-0.39, 0.29) is 12.1 Å². The molecule has 3 N–H and O–H groups in total. The van der Waals surface area contributed by atoms with Crippen LogP contribution in [0.2, 0.25) is 0 Å². The molecule has 0 spiro atoms. The van der Waals surface area contributed by atoms with Gasteiger partial charge in [0.2, 0.25) is 0 Å². The standard InChI is InChI=1S/C36H40N6O3/c1-5-14-37-20-33-38-19-30(39-33)24-9-11-26-25(16-24)21-44-32-18-23(8-12-27(26)32)22-10-13-28-29(17-22)41-34(40-28)31-7-6-15-42(31)35(43)45-36(2,3)4/h8-13,16-19,31,37H,5-7,14-15,20-21H2,1-4H3,(H,38,39)(H,40,41)/t31-/m0/s1. The van der Waals surface area contributed by atoms with E-state index in [1.807, 2.05) is 33.0 Å². The van der Waals surface area contributed by atoms with Crippen LogP contribution in [0.4, 0.5) is 4.79 Å². The van der Waals surface area contributed by atoms with Gasteiger partial charge >= 0.3 is 6.09 Å². The van der Waals surface area contributed by atoms with Crippen molar-refractivity contribution in [1.82, 2.24) is 30.2 Å². The molecule has 45 heavy (non-hydrogen) atoms. The monoisotopic (exact) mass is 604 g/mol. The first-order valence-corrected chi connectivity index (χ1v) is 15.9. The Morgan fingerprint density at radius 1 is 1.04 bits per heavy atom. The number of nitrogens with zero attached hydrogens (tertiary/aromatic N) is 3. The minimum Gasteiger partial charge on any atom is -0.488 e. The summed E-state index contributed by atoms with van der Waals surface area (Å²) in [5.74, 6) is 2.62. The number of aromatic amines is 2. The number of aromatic nitrogens is 4. The summed E-state index contributed by atoms with van der Waals surface area (Å²) in [6.07, 6.45) is 4.49. The molecule has 0 unspecified atom stereocenters. The number of benzene rings is 3. The molecule has 1 amide bonds. The fourth-order valence-corrected chi connectivity index (χ4v) is 6.28. The van der Waals surface area contributed by atoms with E-state index in [0.717, 1.165) is 94.3 Å². The molecule has 0 aliphatic carbocycles. The quantitative estimate of drug-likeness (QED) is 0.164. The van der Waals surface area contributed by atoms with Crippen molar-refractivity contribution >= 4 is 17.1 Å². The number of carbonyl (C=O) groups is 1. The highest BCUT2D eigenvalue weighted by atomic mass is 16.6. The second kappa shape index (κ2) is 11.7. The van der Waals surface area contributed by atoms with Crippen molar-refractivity contribution in [3.63, 3.8) is 0 Å². The predicted octanol–water partition coefficient (Wildman–Crippen LogP) is 7.75. The lowest BCUT2D eigenvalue weighted by Gasteiger charge is -2.27. The summed E-state index contributed by atoms with van der Waals surface area (Å²) in [6, 6.07) is 19.1. The Labute approximate surface area is 263 Å². The van der Waals surface area contributed by atoms with Gasteiger partial charge in [0.15, 0.2) is 0 Å². The van der Waals surface area contributed by atoms with Crippen LogP contribution in [0.3, 0.4) is 0 Å². The summed E-state index contributed by atoms with van der Waals surface area (Å²) in [4.78, 5) is 31.0. The van der Waals surface area contributed by atoms with Gasteiger partial charge in [-0.3, -0.25) is 4.90 Å². The number of carbonyl (C=O) groups excluding carboxylic acids is 1. The van der Waals surface area contributed by atoms with Gasteiger partial charge in [0, 0.05) is 12.1 Å². The molecule has 232 valence electrons. The molecule has 3 aromatic carbocycles. The van der Waals surface area contributed by atoms with Crippen LogP contribution in [0.15, 0.2) is 60.8 Å². The van der Waals surface area contributed by atoms with Crippen LogP contribution in [0.5, 0.6) is 5.75 Å². The van der Waals surface area contributed by atoms with Gasteiger partial charge < -0.3 is 24.8 Å². The highest BCUT2D eigenvalue weighted by Crippen LogP contribution is 2.41. The van der Waals surface area contributed by atoms with E-state index in [9.17, 15) is 4.79 Å². The summed E-state index contributed by atoms with van der Waals surface area (Å²) in [6.45, 7) is 10.7. The normalized spacial score (nSPS) is 16.0. The number of imidazole rings is 2. The van der Waals surface area contributed by atoms with Gasteiger partial charge in [-0.1, -0.05) is 37.3 Å². The van der Waals surface area contributed by atoms with Gasteiger partial charge in [0.25, 0.3) is 0 Å². The number of rotatable bonds is 7. The average Bonchev–Trinajstić information content (AvgIpc) is 3.79. The average molecular weight is 605 g/mol. The highest BCUT2D eigenvalue weighted by Gasteiger charge is 2.35. The van der Waals surface area contributed by atoms with Crippen LogP contribution in [-0.4, -0.2) is 49.6 Å². The van der Waals surface area contributed by atoms with E-state index < -0.39 is 5.60 Å². The highest BCUT2D eigenvalue weighted by molar-refractivity contribution is 5.85.